The number of thioether (sulfide) groups is 1. The molecule has 14 heavy (non-hydrogen) atoms. The molecule has 0 fully saturated rings. The summed E-state index contributed by atoms with van der Waals surface area (Å²) in [6.45, 7) is 5.70. The van der Waals surface area contributed by atoms with E-state index in [2.05, 4.69) is 9.97 Å². The fourth-order valence-electron chi connectivity index (χ4n) is 0.953. The number of carbonyl (C=O) groups is 1. The Kier molecular flexibility index (Phi) is 4.07. The highest BCUT2D eigenvalue weighted by Gasteiger charge is 2.13. The van der Waals surface area contributed by atoms with Gasteiger partial charge in [0.2, 0.25) is 0 Å². The molecule has 1 aromatic rings. The SMILES string of the molecule is CCC(=O)C(C)Sc1ncc(C)cn1. The van der Waals surface area contributed by atoms with Crippen molar-refractivity contribution in [2.45, 2.75) is 37.6 Å². The van der Waals surface area contributed by atoms with E-state index in [0.29, 0.717) is 11.6 Å². The van der Waals surface area contributed by atoms with Crippen molar-refractivity contribution in [2.75, 3.05) is 0 Å². The van der Waals surface area contributed by atoms with Gasteiger partial charge in [0.25, 0.3) is 0 Å². The Hall–Kier alpha value is -0.900. The van der Waals surface area contributed by atoms with E-state index in [0.717, 1.165) is 5.56 Å². The largest absolute Gasteiger partial charge is 0.298 e. The molecule has 0 saturated heterocycles. The molecule has 0 saturated carbocycles. The average molecular weight is 210 g/mol. The molecule has 0 aliphatic rings. The van der Waals surface area contributed by atoms with E-state index in [-0.39, 0.29) is 11.0 Å². The van der Waals surface area contributed by atoms with Crippen molar-refractivity contribution in [1.82, 2.24) is 9.97 Å². The maximum absolute atomic E-state index is 11.3. The lowest BCUT2D eigenvalue weighted by atomic mass is 10.2. The summed E-state index contributed by atoms with van der Waals surface area (Å²) in [5.74, 6) is 0.235. The quantitative estimate of drug-likeness (QED) is 0.564. The fourth-order valence-corrected chi connectivity index (χ4v) is 1.79. The molecule has 0 amide bonds. The Morgan fingerprint density at radius 1 is 1.50 bits per heavy atom. The highest BCUT2D eigenvalue weighted by atomic mass is 32.2. The van der Waals surface area contributed by atoms with Gasteiger partial charge >= 0.3 is 0 Å². The van der Waals surface area contributed by atoms with Crippen LogP contribution in [0.15, 0.2) is 17.6 Å². The molecule has 1 heterocycles. The Bertz CT molecular complexity index is 310. The van der Waals surface area contributed by atoms with Crippen molar-refractivity contribution in [3.05, 3.63) is 18.0 Å². The highest BCUT2D eigenvalue weighted by Crippen LogP contribution is 2.19. The monoisotopic (exact) mass is 210 g/mol. The Balaban J connectivity index is 2.60. The molecule has 0 aliphatic carbocycles. The number of aromatic nitrogens is 2. The Morgan fingerprint density at radius 2 is 2.07 bits per heavy atom. The van der Waals surface area contributed by atoms with Crippen LogP contribution in [0.4, 0.5) is 0 Å². The van der Waals surface area contributed by atoms with Gasteiger partial charge in [-0.1, -0.05) is 18.7 Å². The topological polar surface area (TPSA) is 42.9 Å². The first-order chi connectivity index (χ1) is 6.63. The van der Waals surface area contributed by atoms with Crippen molar-refractivity contribution in [3.8, 4) is 0 Å². The summed E-state index contributed by atoms with van der Waals surface area (Å²) >= 11 is 1.41. The molecule has 4 heteroatoms. The maximum atomic E-state index is 11.3. The molecule has 3 nitrogen and oxygen atoms in total. The molecule has 1 aromatic heterocycles. The van der Waals surface area contributed by atoms with Crippen molar-refractivity contribution in [3.63, 3.8) is 0 Å². The van der Waals surface area contributed by atoms with Crippen LogP contribution in [-0.2, 0) is 4.79 Å². The zero-order valence-electron chi connectivity index (χ0n) is 8.65. The van der Waals surface area contributed by atoms with E-state index in [4.69, 9.17) is 0 Å². The van der Waals surface area contributed by atoms with Gasteiger partial charge in [-0.25, -0.2) is 9.97 Å². The number of nitrogens with zero attached hydrogens (tertiary/aromatic N) is 2. The van der Waals surface area contributed by atoms with Crippen LogP contribution >= 0.6 is 11.8 Å². The van der Waals surface area contributed by atoms with Crippen molar-refractivity contribution < 1.29 is 4.79 Å². The molecule has 0 bridgehead atoms. The molecule has 0 aromatic carbocycles. The summed E-state index contributed by atoms with van der Waals surface area (Å²) in [7, 11) is 0. The number of aryl methyl sites for hydroxylation is 1. The summed E-state index contributed by atoms with van der Waals surface area (Å²) in [5.41, 5.74) is 1.03. The molecule has 76 valence electrons. The lowest BCUT2D eigenvalue weighted by Crippen LogP contribution is -2.11. The van der Waals surface area contributed by atoms with Gasteiger partial charge in [-0.3, -0.25) is 4.79 Å². The average Bonchev–Trinajstić information content (AvgIpc) is 2.20. The van der Waals surface area contributed by atoms with Gasteiger partial charge in [-0.15, -0.1) is 0 Å². The second-order valence-electron chi connectivity index (χ2n) is 3.12. The van der Waals surface area contributed by atoms with Gasteiger partial charge in [-0.2, -0.15) is 0 Å². The molecule has 1 rings (SSSR count). The summed E-state index contributed by atoms with van der Waals surface area (Å²) in [4.78, 5) is 19.6. The van der Waals surface area contributed by atoms with Gasteiger partial charge in [0.15, 0.2) is 5.16 Å². The normalized spacial score (nSPS) is 12.5. The molecule has 0 aliphatic heterocycles. The number of ketones is 1. The molecule has 0 radical (unpaired) electrons. The lowest BCUT2D eigenvalue weighted by molar-refractivity contribution is -0.118. The first kappa shape index (κ1) is 11.2. The van der Waals surface area contributed by atoms with Crippen LogP contribution in [0.5, 0.6) is 0 Å². The molecule has 1 unspecified atom stereocenters. The third-order valence-corrected chi connectivity index (χ3v) is 2.88. The number of hydrogen-bond acceptors (Lipinski definition) is 4. The van der Waals surface area contributed by atoms with Crippen molar-refractivity contribution >= 4 is 17.5 Å². The van der Waals surface area contributed by atoms with E-state index in [1.165, 1.54) is 11.8 Å². The first-order valence-corrected chi connectivity index (χ1v) is 5.49. The Morgan fingerprint density at radius 3 is 2.57 bits per heavy atom. The van der Waals surface area contributed by atoms with Gasteiger partial charge < -0.3 is 0 Å². The van der Waals surface area contributed by atoms with Crippen LogP contribution in [0.2, 0.25) is 0 Å². The third kappa shape index (κ3) is 3.10. The van der Waals surface area contributed by atoms with Gasteiger partial charge in [-0.05, 0) is 19.4 Å². The number of rotatable bonds is 4. The first-order valence-electron chi connectivity index (χ1n) is 4.61. The number of hydrogen-bond donors (Lipinski definition) is 0. The summed E-state index contributed by atoms with van der Waals surface area (Å²) in [6.07, 6.45) is 4.09. The zero-order chi connectivity index (χ0) is 10.6. The van der Waals surface area contributed by atoms with Crippen LogP contribution in [0, 0.1) is 6.92 Å². The van der Waals surface area contributed by atoms with Crippen LogP contribution in [0.25, 0.3) is 0 Å². The molecule has 1 atom stereocenters. The van der Waals surface area contributed by atoms with Crippen LogP contribution in [-0.4, -0.2) is 21.0 Å². The summed E-state index contributed by atoms with van der Waals surface area (Å²) in [5, 5.41) is 0.618. The minimum absolute atomic E-state index is 0.0530. The van der Waals surface area contributed by atoms with E-state index in [1.54, 1.807) is 12.4 Å². The van der Waals surface area contributed by atoms with Crippen LogP contribution in [0.1, 0.15) is 25.8 Å². The predicted molar refractivity (Wildman–Crippen MR) is 57.4 cm³/mol. The van der Waals surface area contributed by atoms with E-state index in [9.17, 15) is 4.79 Å². The second kappa shape index (κ2) is 5.10. The maximum Gasteiger partial charge on any atom is 0.188 e. The minimum Gasteiger partial charge on any atom is -0.298 e. The predicted octanol–water partition coefficient (Wildman–Crippen LogP) is 2.24. The van der Waals surface area contributed by atoms with E-state index >= 15 is 0 Å². The van der Waals surface area contributed by atoms with Gasteiger partial charge in [0.05, 0.1) is 5.25 Å². The standard InChI is InChI=1S/C10H14N2OS/c1-4-9(13)8(3)14-10-11-5-7(2)6-12-10/h5-6,8H,4H2,1-3H3. The summed E-state index contributed by atoms with van der Waals surface area (Å²) < 4.78 is 0. The summed E-state index contributed by atoms with van der Waals surface area (Å²) in [6, 6.07) is 0. The van der Waals surface area contributed by atoms with Crippen LogP contribution in [0.3, 0.4) is 0 Å². The van der Waals surface area contributed by atoms with Gasteiger partial charge in [0, 0.05) is 18.8 Å². The van der Waals surface area contributed by atoms with Gasteiger partial charge in [0.1, 0.15) is 5.78 Å². The highest BCUT2D eigenvalue weighted by molar-refractivity contribution is 8.00. The molecular formula is C10H14N2OS. The van der Waals surface area contributed by atoms with E-state index < -0.39 is 0 Å². The second-order valence-corrected chi connectivity index (χ2v) is 4.43. The van der Waals surface area contributed by atoms with Crippen molar-refractivity contribution in [1.29, 1.82) is 0 Å². The number of carbonyl (C=O) groups excluding carboxylic acids is 1. The van der Waals surface area contributed by atoms with E-state index in [1.807, 2.05) is 20.8 Å². The smallest absolute Gasteiger partial charge is 0.188 e. The fraction of sp³-hybridized carbons (Fsp3) is 0.500. The van der Waals surface area contributed by atoms with Crippen LogP contribution < -0.4 is 0 Å². The zero-order valence-corrected chi connectivity index (χ0v) is 9.47. The number of Topliss-reactive ketones (excluding diaryl/α,β-unsaturated/α-hetero) is 1. The molecule has 0 spiro atoms. The minimum atomic E-state index is -0.0530. The van der Waals surface area contributed by atoms with Crippen molar-refractivity contribution in [2.24, 2.45) is 0 Å². The molecular weight excluding hydrogens is 196 g/mol. The molecule has 0 N–H and O–H groups in total. The Labute approximate surface area is 88.3 Å². The lowest BCUT2D eigenvalue weighted by Gasteiger charge is -2.06. The third-order valence-electron chi connectivity index (χ3n) is 1.84.